The molecule has 0 unspecified atom stereocenters. The molecule has 0 radical (unpaired) electrons. The van der Waals surface area contributed by atoms with Crippen LogP contribution in [0.3, 0.4) is 0 Å². The van der Waals surface area contributed by atoms with Crippen molar-refractivity contribution in [1.29, 1.82) is 0 Å². The normalized spacial score (nSPS) is 17.2. The number of carbonyl (C=O) groups excluding carboxylic acids is 2. The van der Waals surface area contributed by atoms with E-state index in [0.717, 1.165) is 23.3 Å². The molecule has 0 aromatic heterocycles. The number of methoxy groups -OCH3 is 1. The fourth-order valence-corrected chi connectivity index (χ4v) is 2.94. The lowest BCUT2D eigenvalue weighted by Crippen LogP contribution is -2.39. The summed E-state index contributed by atoms with van der Waals surface area (Å²) in [7, 11) is 1.64. The summed E-state index contributed by atoms with van der Waals surface area (Å²) in [6.45, 7) is 2.61. The molecule has 2 amide bonds. The Bertz CT molecular complexity index is 754. The topological polar surface area (TPSA) is 58.6 Å². The van der Waals surface area contributed by atoms with Crippen LogP contribution >= 0.6 is 0 Å². The van der Waals surface area contributed by atoms with E-state index in [1.54, 1.807) is 7.11 Å². The van der Waals surface area contributed by atoms with E-state index in [1.165, 1.54) is 4.90 Å². The van der Waals surface area contributed by atoms with Crippen molar-refractivity contribution in [1.82, 2.24) is 5.32 Å². The lowest BCUT2D eigenvalue weighted by Gasteiger charge is -2.16. The van der Waals surface area contributed by atoms with Gasteiger partial charge in [0.15, 0.2) is 0 Å². The van der Waals surface area contributed by atoms with Gasteiger partial charge in [-0.2, -0.15) is 0 Å². The molecule has 3 rings (SSSR count). The summed E-state index contributed by atoms with van der Waals surface area (Å²) in [5.74, 6) is 0.487. The standard InChI is InChI=1S/C20H22N2O3/c1-14-3-7-16(8-4-14)22-19(23)13-18(20(22)24)21-12-11-15-5-9-17(25-2)10-6-15/h3-10,18,21H,11-13H2,1-2H3/t18-/m0/s1. The monoisotopic (exact) mass is 338 g/mol. The van der Waals surface area contributed by atoms with Crippen LogP contribution in [0.4, 0.5) is 5.69 Å². The third-order valence-corrected chi connectivity index (χ3v) is 4.40. The Balaban J connectivity index is 1.57. The predicted octanol–water partition coefficient (Wildman–Crippen LogP) is 2.47. The van der Waals surface area contributed by atoms with Crippen LogP contribution in [0.2, 0.25) is 0 Å². The largest absolute Gasteiger partial charge is 0.497 e. The number of ether oxygens (including phenoxy) is 1. The maximum absolute atomic E-state index is 12.6. The number of imide groups is 1. The van der Waals surface area contributed by atoms with E-state index in [1.807, 2.05) is 55.5 Å². The van der Waals surface area contributed by atoms with Crippen molar-refractivity contribution in [2.24, 2.45) is 0 Å². The summed E-state index contributed by atoms with van der Waals surface area (Å²) in [6.07, 6.45) is 0.988. The minimum absolute atomic E-state index is 0.157. The second kappa shape index (κ2) is 7.49. The number of amides is 2. The van der Waals surface area contributed by atoms with Crippen molar-refractivity contribution >= 4 is 17.5 Å². The van der Waals surface area contributed by atoms with Gasteiger partial charge in [0.1, 0.15) is 5.75 Å². The van der Waals surface area contributed by atoms with Crippen LogP contribution in [0.15, 0.2) is 48.5 Å². The third-order valence-electron chi connectivity index (χ3n) is 4.40. The SMILES string of the molecule is COc1ccc(CCN[C@H]2CC(=O)N(c3ccc(C)cc3)C2=O)cc1. The molecule has 1 N–H and O–H groups in total. The Labute approximate surface area is 147 Å². The molecule has 1 heterocycles. The minimum atomic E-state index is -0.452. The van der Waals surface area contributed by atoms with Gasteiger partial charge in [0, 0.05) is 0 Å². The minimum Gasteiger partial charge on any atom is -0.497 e. The maximum Gasteiger partial charge on any atom is 0.251 e. The molecule has 5 nitrogen and oxygen atoms in total. The van der Waals surface area contributed by atoms with Crippen molar-refractivity contribution in [2.45, 2.75) is 25.8 Å². The first kappa shape index (κ1) is 17.2. The number of rotatable bonds is 6. The van der Waals surface area contributed by atoms with Crippen LogP contribution in [0, 0.1) is 6.92 Å². The zero-order chi connectivity index (χ0) is 17.8. The molecular formula is C20H22N2O3. The van der Waals surface area contributed by atoms with Gasteiger partial charge in [-0.1, -0.05) is 29.8 Å². The van der Waals surface area contributed by atoms with Gasteiger partial charge in [0.05, 0.1) is 25.3 Å². The molecular weight excluding hydrogens is 316 g/mol. The first-order chi connectivity index (χ1) is 12.1. The van der Waals surface area contributed by atoms with Gasteiger partial charge in [0.25, 0.3) is 5.91 Å². The zero-order valence-corrected chi connectivity index (χ0v) is 14.5. The molecule has 2 aromatic rings. The first-order valence-corrected chi connectivity index (χ1v) is 8.38. The molecule has 1 fully saturated rings. The molecule has 0 saturated carbocycles. The highest BCUT2D eigenvalue weighted by atomic mass is 16.5. The van der Waals surface area contributed by atoms with Crippen molar-refractivity contribution in [2.75, 3.05) is 18.6 Å². The van der Waals surface area contributed by atoms with E-state index in [-0.39, 0.29) is 18.2 Å². The van der Waals surface area contributed by atoms with Crippen LogP contribution in [0.1, 0.15) is 17.5 Å². The Hall–Kier alpha value is -2.66. The van der Waals surface area contributed by atoms with Gasteiger partial charge in [0.2, 0.25) is 5.91 Å². The molecule has 2 aromatic carbocycles. The van der Waals surface area contributed by atoms with Crippen LogP contribution in [0.5, 0.6) is 5.75 Å². The number of carbonyl (C=O) groups is 2. The second-order valence-corrected chi connectivity index (χ2v) is 6.21. The number of hydrogen-bond donors (Lipinski definition) is 1. The maximum atomic E-state index is 12.6. The van der Waals surface area contributed by atoms with E-state index in [4.69, 9.17) is 4.74 Å². The van der Waals surface area contributed by atoms with Gasteiger partial charge in [-0.05, 0) is 49.7 Å². The van der Waals surface area contributed by atoms with Gasteiger partial charge >= 0.3 is 0 Å². The molecule has 1 aliphatic heterocycles. The van der Waals surface area contributed by atoms with Crippen LogP contribution in [0.25, 0.3) is 0 Å². The van der Waals surface area contributed by atoms with Crippen LogP contribution in [-0.2, 0) is 16.0 Å². The molecule has 5 heteroatoms. The number of nitrogens with one attached hydrogen (secondary N) is 1. The Morgan fingerprint density at radius 2 is 1.76 bits per heavy atom. The Kier molecular flexibility index (Phi) is 5.14. The Morgan fingerprint density at radius 3 is 2.40 bits per heavy atom. The number of nitrogens with zero attached hydrogens (tertiary/aromatic N) is 1. The number of aryl methyl sites for hydroxylation is 1. The second-order valence-electron chi connectivity index (χ2n) is 6.21. The summed E-state index contributed by atoms with van der Waals surface area (Å²) < 4.78 is 5.14. The van der Waals surface area contributed by atoms with Crippen molar-refractivity contribution in [3.8, 4) is 5.75 Å². The Morgan fingerprint density at radius 1 is 1.08 bits per heavy atom. The van der Waals surface area contributed by atoms with Gasteiger partial charge in [-0.3, -0.25) is 9.59 Å². The summed E-state index contributed by atoms with van der Waals surface area (Å²) in [5, 5.41) is 3.21. The van der Waals surface area contributed by atoms with E-state index >= 15 is 0 Å². The number of anilines is 1. The first-order valence-electron chi connectivity index (χ1n) is 8.38. The van der Waals surface area contributed by atoms with Crippen LogP contribution in [-0.4, -0.2) is 31.5 Å². The zero-order valence-electron chi connectivity index (χ0n) is 14.5. The predicted molar refractivity (Wildman–Crippen MR) is 96.8 cm³/mol. The van der Waals surface area contributed by atoms with Crippen LogP contribution < -0.4 is 15.0 Å². The van der Waals surface area contributed by atoms with Gasteiger partial charge in [-0.25, -0.2) is 4.90 Å². The van der Waals surface area contributed by atoms with Gasteiger partial charge in [-0.15, -0.1) is 0 Å². The van der Waals surface area contributed by atoms with E-state index in [9.17, 15) is 9.59 Å². The van der Waals surface area contributed by atoms with Crippen molar-refractivity contribution in [3.63, 3.8) is 0 Å². The highest BCUT2D eigenvalue weighted by Crippen LogP contribution is 2.23. The van der Waals surface area contributed by atoms with Crippen molar-refractivity contribution in [3.05, 3.63) is 59.7 Å². The number of benzene rings is 2. The van der Waals surface area contributed by atoms with E-state index in [2.05, 4.69) is 5.32 Å². The smallest absolute Gasteiger partial charge is 0.251 e. The summed E-state index contributed by atoms with van der Waals surface area (Å²) >= 11 is 0. The van der Waals surface area contributed by atoms with Crippen molar-refractivity contribution < 1.29 is 14.3 Å². The van der Waals surface area contributed by atoms with Gasteiger partial charge < -0.3 is 10.1 Å². The molecule has 1 atom stereocenters. The average Bonchev–Trinajstić information content (AvgIpc) is 2.90. The van der Waals surface area contributed by atoms with E-state index < -0.39 is 6.04 Å². The average molecular weight is 338 g/mol. The lowest BCUT2D eigenvalue weighted by atomic mass is 10.1. The fourth-order valence-electron chi connectivity index (χ4n) is 2.94. The molecule has 130 valence electrons. The number of hydrogen-bond acceptors (Lipinski definition) is 4. The lowest BCUT2D eigenvalue weighted by molar-refractivity contribution is -0.121. The molecule has 25 heavy (non-hydrogen) atoms. The third kappa shape index (κ3) is 3.88. The highest BCUT2D eigenvalue weighted by molar-refractivity contribution is 6.22. The summed E-state index contributed by atoms with van der Waals surface area (Å²) in [4.78, 5) is 26.1. The molecule has 0 bridgehead atoms. The quantitative estimate of drug-likeness (QED) is 0.822. The summed E-state index contributed by atoms with van der Waals surface area (Å²) in [6, 6.07) is 14.8. The molecule has 0 aliphatic carbocycles. The molecule has 0 spiro atoms. The summed E-state index contributed by atoms with van der Waals surface area (Å²) in [5.41, 5.74) is 2.89. The molecule has 1 aliphatic rings. The van der Waals surface area contributed by atoms with E-state index in [0.29, 0.717) is 12.2 Å². The fraction of sp³-hybridized carbons (Fsp3) is 0.300. The molecule has 1 saturated heterocycles. The highest BCUT2D eigenvalue weighted by Gasteiger charge is 2.39.